The van der Waals surface area contributed by atoms with Gasteiger partial charge in [0.1, 0.15) is 11.6 Å². The van der Waals surface area contributed by atoms with Gasteiger partial charge >= 0.3 is 0 Å². The standard InChI is InChI=1S/C18H11N3O3S/c19-9-12(7-11-5-6-14-15(8-11)24-10-23-14)17(22)21-18-20-13-3-1-2-4-16(13)25-18/h1-8H,10H2,(H,20,21,22)/b12-7+. The van der Waals surface area contributed by atoms with E-state index in [-0.39, 0.29) is 12.4 Å². The predicted octanol–water partition coefficient (Wildman–Crippen LogP) is 3.57. The summed E-state index contributed by atoms with van der Waals surface area (Å²) in [5, 5.41) is 12.5. The first-order valence-corrected chi connectivity index (χ1v) is 8.23. The number of nitrogens with zero attached hydrogens (tertiary/aromatic N) is 2. The summed E-state index contributed by atoms with van der Waals surface area (Å²) in [5.74, 6) is 0.742. The zero-order valence-corrected chi connectivity index (χ0v) is 13.7. The quantitative estimate of drug-likeness (QED) is 0.577. The lowest BCUT2D eigenvalue weighted by atomic mass is 10.1. The highest BCUT2D eigenvalue weighted by atomic mass is 32.1. The second kappa shape index (κ2) is 6.26. The van der Waals surface area contributed by atoms with Gasteiger partial charge in [-0.25, -0.2) is 4.98 Å². The van der Waals surface area contributed by atoms with Gasteiger partial charge in [-0.2, -0.15) is 5.26 Å². The predicted molar refractivity (Wildman–Crippen MR) is 94.4 cm³/mol. The third-order valence-corrected chi connectivity index (χ3v) is 4.54. The van der Waals surface area contributed by atoms with Crippen molar-refractivity contribution in [1.82, 2.24) is 4.98 Å². The summed E-state index contributed by atoms with van der Waals surface area (Å²) in [7, 11) is 0. The lowest BCUT2D eigenvalue weighted by molar-refractivity contribution is -0.112. The molecule has 122 valence electrons. The minimum atomic E-state index is -0.501. The number of ether oxygens (including phenoxy) is 2. The number of nitriles is 1. The van der Waals surface area contributed by atoms with Gasteiger partial charge in [-0.05, 0) is 35.9 Å². The zero-order valence-electron chi connectivity index (χ0n) is 12.9. The minimum absolute atomic E-state index is 0.0156. The van der Waals surface area contributed by atoms with E-state index in [0.717, 1.165) is 10.2 Å². The summed E-state index contributed by atoms with van der Waals surface area (Å²) in [4.78, 5) is 16.7. The third kappa shape index (κ3) is 3.03. The number of rotatable bonds is 3. The number of aromatic nitrogens is 1. The molecule has 25 heavy (non-hydrogen) atoms. The largest absolute Gasteiger partial charge is 0.454 e. The number of amides is 1. The Bertz CT molecular complexity index is 1020. The van der Waals surface area contributed by atoms with E-state index in [0.29, 0.717) is 22.2 Å². The Morgan fingerprint density at radius 3 is 2.92 bits per heavy atom. The molecule has 1 aliphatic rings. The van der Waals surface area contributed by atoms with Gasteiger partial charge in [-0.3, -0.25) is 10.1 Å². The van der Waals surface area contributed by atoms with Crippen LogP contribution in [0.2, 0.25) is 0 Å². The molecule has 2 heterocycles. The van der Waals surface area contributed by atoms with Crippen molar-refractivity contribution in [3.8, 4) is 17.6 Å². The number of thiazole rings is 1. The summed E-state index contributed by atoms with van der Waals surface area (Å²) >= 11 is 1.36. The Morgan fingerprint density at radius 1 is 1.24 bits per heavy atom. The fourth-order valence-electron chi connectivity index (χ4n) is 2.41. The van der Waals surface area contributed by atoms with Gasteiger partial charge in [0.2, 0.25) is 6.79 Å². The molecule has 2 aromatic carbocycles. The minimum Gasteiger partial charge on any atom is -0.454 e. The summed E-state index contributed by atoms with van der Waals surface area (Å²) in [5.41, 5.74) is 1.47. The van der Waals surface area contributed by atoms with Crippen molar-refractivity contribution in [2.45, 2.75) is 0 Å². The molecule has 6 nitrogen and oxygen atoms in total. The molecule has 0 fully saturated rings. The SMILES string of the molecule is N#C/C(=C\c1ccc2c(c1)OCO2)C(=O)Nc1nc2ccccc2s1. The number of carbonyl (C=O) groups is 1. The average molecular weight is 349 g/mol. The zero-order chi connectivity index (χ0) is 17.2. The van der Waals surface area contributed by atoms with Crippen LogP contribution in [-0.2, 0) is 4.79 Å². The Labute approximate surface area is 146 Å². The summed E-state index contributed by atoms with van der Waals surface area (Å²) in [6, 6.07) is 14.7. The molecular formula is C18H11N3O3S. The number of benzene rings is 2. The number of para-hydroxylation sites is 1. The molecule has 0 spiro atoms. The topological polar surface area (TPSA) is 84.2 Å². The van der Waals surface area contributed by atoms with Crippen LogP contribution in [0, 0.1) is 11.3 Å². The number of fused-ring (bicyclic) bond motifs is 2. The fraction of sp³-hybridized carbons (Fsp3) is 0.0556. The van der Waals surface area contributed by atoms with Crippen LogP contribution in [0.5, 0.6) is 11.5 Å². The molecule has 1 aromatic heterocycles. The van der Waals surface area contributed by atoms with Gasteiger partial charge in [-0.15, -0.1) is 0 Å². The van der Waals surface area contributed by atoms with Crippen molar-refractivity contribution < 1.29 is 14.3 Å². The van der Waals surface area contributed by atoms with E-state index in [4.69, 9.17) is 9.47 Å². The molecule has 0 atom stereocenters. The molecule has 3 aromatic rings. The molecule has 1 N–H and O–H groups in total. The molecule has 1 amide bonds. The van der Waals surface area contributed by atoms with E-state index in [9.17, 15) is 10.1 Å². The van der Waals surface area contributed by atoms with Crippen LogP contribution in [0.3, 0.4) is 0 Å². The van der Waals surface area contributed by atoms with Crippen LogP contribution < -0.4 is 14.8 Å². The van der Waals surface area contributed by atoms with Crippen LogP contribution in [0.25, 0.3) is 16.3 Å². The van der Waals surface area contributed by atoms with E-state index in [1.165, 1.54) is 17.4 Å². The number of anilines is 1. The maximum Gasteiger partial charge on any atom is 0.268 e. The number of carbonyl (C=O) groups excluding carboxylic acids is 1. The van der Waals surface area contributed by atoms with Crippen molar-refractivity contribution in [3.05, 3.63) is 53.6 Å². The van der Waals surface area contributed by atoms with Crippen LogP contribution in [-0.4, -0.2) is 17.7 Å². The molecule has 0 saturated carbocycles. The summed E-state index contributed by atoms with van der Waals surface area (Å²) in [6.45, 7) is 0.172. The monoisotopic (exact) mass is 349 g/mol. The Kier molecular flexibility index (Phi) is 3.80. The molecule has 0 unspecified atom stereocenters. The van der Waals surface area contributed by atoms with E-state index in [2.05, 4.69) is 10.3 Å². The first-order chi connectivity index (χ1) is 12.2. The average Bonchev–Trinajstić information content (AvgIpc) is 3.24. The van der Waals surface area contributed by atoms with Crippen molar-refractivity contribution >= 4 is 38.7 Å². The van der Waals surface area contributed by atoms with Gasteiger partial charge in [0.15, 0.2) is 16.6 Å². The maximum atomic E-state index is 12.4. The first-order valence-electron chi connectivity index (χ1n) is 7.41. The molecule has 7 heteroatoms. The summed E-state index contributed by atoms with van der Waals surface area (Å²) in [6.07, 6.45) is 1.50. The van der Waals surface area contributed by atoms with Gasteiger partial charge in [0, 0.05) is 0 Å². The van der Waals surface area contributed by atoms with Crippen LogP contribution in [0.1, 0.15) is 5.56 Å². The molecule has 4 rings (SSSR count). The third-order valence-electron chi connectivity index (χ3n) is 3.59. The summed E-state index contributed by atoms with van der Waals surface area (Å²) < 4.78 is 11.5. The van der Waals surface area contributed by atoms with E-state index < -0.39 is 5.91 Å². The van der Waals surface area contributed by atoms with Crippen LogP contribution >= 0.6 is 11.3 Å². The van der Waals surface area contributed by atoms with Crippen molar-refractivity contribution in [1.29, 1.82) is 5.26 Å². The molecular weight excluding hydrogens is 338 g/mol. The normalized spacial score (nSPS) is 12.8. The van der Waals surface area contributed by atoms with Crippen molar-refractivity contribution in [3.63, 3.8) is 0 Å². The fourth-order valence-corrected chi connectivity index (χ4v) is 3.27. The highest BCUT2D eigenvalue weighted by Gasteiger charge is 2.15. The van der Waals surface area contributed by atoms with Gasteiger partial charge in [0.25, 0.3) is 5.91 Å². The lowest BCUT2D eigenvalue weighted by Gasteiger charge is -2.01. The molecule has 1 aliphatic heterocycles. The van der Waals surface area contributed by atoms with Crippen LogP contribution in [0.4, 0.5) is 5.13 Å². The molecule has 0 radical (unpaired) electrons. The number of hydrogen-bond donors (Lipinski definition) is 1. The molecule has 0 saturated heterocycles. The highest BCUT2D eigenvalue weighted by Crippen LogP contribution is 2.33. The van der Waals surface area contributed by atoms with E-state index in [1.54, 1.807) is 18.2 Å². The first kappa shape index (κ1) is 15.2. The Morgan fingerprint density at radius 2 is 2.08 bits per heavy atom. The van der Waals surface area contributed by atoms with E-state index in [1.807, 2.05) is 30.3 Å². The highest BCUT2D eigenvalue weighted by molar-refractivity contribution is 7.22. The van der Waals surface area contributed by atoms with Crippen molar-refractivity contribution in [2.75, 3.05) is 12.1 Å². The molecule has 0 bridgehead atoms. The van der Waals surface area contributed by atoms with Gasteiger partial charge < -0.3 is 9.47 Å². The smallest absolute Gasteiger partial charge is 0.268 e. The van der Waals surface area contributed by atoms with Gasteiger partial charge in [0.05, 0.1) is 10.2 Å². The van der Waals surface area contributed by atoms with Gasteiger partial charge in [-0.1, -0.05) is 29.5 Å². The second-order valence-electron chi connectivity index (χ2n) is 5.22. The van der Waals surface area contributed by atoms with E-state index >= 15 is 0 Å². The van der Waals surface area contributed by atoms with Crippen LogP contribution in [0.15, 0.2) is 48.0 Å². The number of hydrogen-bond acceptors (Lipinski definition) is 6. The Balaban J connectivity index is 1.57. The molecule has 0 aliphatic carbocycles. The lowest BCUT2D eigenvalue weighted by Crippen LogP contribution is -2.13. The maximum absolute atomic E-state index is 12.4. The second-order valence-corrected chi connectivity index (χ2v) is 6.25. The number of nitrogens with one attached hydrogen (secondary N) is 1. The Hall–Kier alpha value is -3.37. The van der Waals surface area contributed by atoms with Crippen molar-refractivity contribution in [2.24, 2.45) is 0 Å².